The summed E-state index contributed by atoms with van der Waals surface area (Å²) in [5, 5.41) is 7.30. The second-order valence-electron chi connectivity index (χ2n) is 4.79. The molecule has 0 bridgehead atoms. The molecule has 0 aliphatic rings. The van der Waals surface area contributed by atoms with Gasteiger partial charge < -0.3 is 10.2 Å². The van der Waals surface area contributed by atoms with E-state index in [1.807, 2.05) is 14.1 Å². The number of carbonyl (C=O) groups excluding carboxylic acids is 1. The highest BCUT2D eigenvalue weighted by atomic mass is 32.1. The molecule has 0 saturated heterocycles. The van der Waals surface area contributed by atoms with E-state index in [-0.39, 0.29) is 17.9 Å². The van der Waals surface area contributed by atoms with Gasteiger partial charge in [-0.3, -0.25) is 4.79 Å². The van der Waals surface area contributed by atoms with Crippen molar-refractivity contribution in [3.63, 3.8) is 0 Å². The van der Waals surface area contributed by atoms with Gasteiger partial charge >= 0.3 is 0 Å². The number of hydrogen-bond acceptors (Lipinski definition) is 3. The number of rotatable bonds is 7. The highest BCUT2D eigenvalue weighted by Crippen LogP contribution is 2.20. The first-order chi connectivity index (χ1) is 8.60. The van der Waals surface area contributed by atoms with Crippen LogP contribution in [0.3, 0.4) is 0 Å². The maximum atomic E-state index is 12.0. The topological polar surface area (TPSA) is 32.3 Å². The molecule has 3 nitrogen and oxygen atoms in total. The number of nitrogens with zero attached hydrogens (tertiary/aromatic N) is 1. The molecule has 0 fully saturated rings. The first kappa shape index (κ1) is 15.2. The zero-order valence-corrected chi connectivity index (χ0v) is 12.6. The van der Waals surface area contributed by atoms with Crippen molar-refractivity contribution in [3.8, 4) is 0 Å². The summed E-state index contributed by atoms with van der Waals surface area (Å²) in [6.45, 7) is 4.81. The number of carbonyl (C=O) groups is 1. The van der Waals surface area contributed by atoms with Crippen LogP contribution in [0.15, 0.2) is 16.8 Å². The Morgan fingerprint density at radius 3 is 2.50 bits per heavy atom. The summed E-state index contributed by atoms with van der Waals surface area (Å²) < 4.78 is 0. The zero-order valence-electron chi connectivity index (χ0n) is 11.8. The zero-order chi connectivity index (χ0) is 13.5. The quantitative estimate of drug-likeness (QED) is 0.824. The molecule has 0 radical (unpaired) electrons. The molecule has 0 saturated carbocycles. The molecule has 1 amide bonds. The second kappa shape index (κ2) is 7.54. The Kier molecular flexibility index (Phi) is 6.36. The third-order valence-electron chi connectivity index (χ3n) is 3.38. The van der Waals surface area contributed by atoms with Crippen molar-refractivity contribution in [2.75, 3.05) is 20.6 Å². The molecule has 1 N–H and O–H groups in total. The fourth-order valence-corrected chi connectivity index (χ4v) is 2.77. The Morgan fingerprint density at radius 1 is 1.39 bits per heavy atom. The molecule has 0 aliphatic heterocycles. The lowest BCUT2D eigenvalue weighted by atomic mass is 10.0. The van der Waals surface area contributed by atoms with Gasteiger partial charge in [0.15, 0.2) is 0 Å². The van der Waals surface area contributed by atoms with E-state index in [0.717, 1.165) is 12.8 Å². The molecule has 1 rings (SSSR count). The van der Waals surface area contributed by atoms with Crippen molar-refractivity contribution in [1.29, 1.82) is 0 Å². The minimum Gasteiger partial charge on any atom is -0.354 e. The molecule has 0 spiro atoms. The summed E-state index contributed by atoms with van der Waals surface area (Å²) in [4.78, 5) is 14.1. The van der Waals surface area contributed by atoms with Crippen molar-refractivity contribution in [2.24, 2.45) is 5.92 Å². The molecule has 0 aliphatic carbocycles. The molecule has 1 aromatic heterocycles. The highest BCUT2D eigenvalue weighted by molar-refractivity contribution is 7.07. The predicted molar refractivity (Wildman–Crippen MR) is 77.8 cm³/mol. The molecule has 1 aromatic rings. The lowest BCUT2D eigenvalue weighted by Gasteiger charge is -2.25. The second-order valence-corrected chi connectivity index (χ2v) is 5.57. The molecule has 18 heavy (non-hydrogen) atoms. The molecule has 1 heterocycles. The normalized spacial score (nSPS) is 13.0. The highest BCUT2D eigenvalue weighted by Gasteiger charge is 2.18. The minimum absolute atomic E-state index is 0.148. The van der Waals surface area contributed by atoms with E-state index in [9.17, 15) is 4.79 Å². The lowest BCUT2D eigenvalue weighted by Crippen LogP contribution is -2.37. The number of likely N-dealkylation sites (N-methyl/N-ethyl adjacent to an activating group) is 1. The first-order valence-electron chi connectivity index (χ1n) is 6.56. The van der Waals surface area contributed by atoms with Crippen LogP contribution in [0.5, 0.6) is 0 Å². The third-order valence-corrected chi connectivity index (χ3v) is 4.08. The lowest BCUT2D eigenvalue weighted by molar-refractivity contribution is -0.125. The van der Waals surface area contributed by atoms with E-state index < -0.39 is 0 Å². The molecular formula is C14H24N2OS. The van der Waals surface area contributed by atoms with Gasteiger partial charge in [0, 0.05) is 12.5 Å². The molecular weight excluding hydrogens is 244 g/mol. The van der Waals surface area contributed by atoms with Crippen LogP contribution in [-0.2, 0) is 4.79 Å². The minimum atomic E-state index is 0.148. The van der Waals surface area contributed by atoms with Gasteiger partial charge in [0.25, 0.3) is 0 Å². The predicted octanol–water partition coefficient (Wildman–Crippen LogP) is 2.90. The SMILES string of the molecule is CCC(CC)C(=O)NCC(c1ccsc1)N(C)C. The van der Waals surface area contributed by atoms with Crippen LogP contribution < -0.4 is 5.32 Å². The Morgan fingerprint density at radius 2 is 2.06 bits per heavy atom. The van der Waals surface area contributed by atoms with Crippen molar-refractivity contribution < 1.29 is 4.79 Å². The van der Waals surface area contributed by atoms with Crippen molar-refractivity contribution in [1.82, 2.24) is 10.2 Å². The summed E-state index contributed by atoms with van der Waals surface area (Å²) in [5.74, 6) is 0.331. The summed E-state index contributed by atoms with van der Waals surface area (Å²) in [7, 11) is 4.09. The fraction of sp³-hybridized carbons (Fsp3) is 0.643. The van der Waals surface area contributed by atoms with Crippen molar-refractivity contribution in [2.45, 2.75) is 32.7 Å². The van der Waals surface area contributed by atoms with Gasteiger partial charge in [-0.25, -0.2) is 0 Å². The van der Waals surface area contributed by atoms with Crippen LogP contribution in [0, 0.1) is 5.92 Å². The standard InChI is InChI=1S/C14H24N2OS/c1-5-11(6-2)14(17)15-9-13(16(3)4)12-7-8-18-10-12/h7-8,10-11,13H,5-6,9H2,1-4H3,(H,15,17). The van der Waals surface area contributed by atoms with E-state index >= 15 is 0 Å². The molecule has 1 unspecified atom stereocenters. The molecule has 0 aromatic carbocycles. The number of amides is 1. The van der Waals surface area contributed by atoms with E-state index in [0.29, 0.717) is 6.54 Å². The number of hydrogen-bond donors (Lipinski definition) is 1. The van der Waals surface area contributed by atoms with Crippen molar-refractivity contribution >= 4 is 17.2 Å². The van der Waals surface area contributed by atoms with Crippen LogP contribution in [0.4, 0.5) is 0 Å². The van der Waals surface area contributed by atoms with Crippen LogP contribution >= 0.6 is 11.3 Å². The van der Waals surface area contributed by atoms with Gasteiger partial charge in [0.2, 0.25) is 5.91 Å². The third kappa shape index (κ3) is 4.10. The van der Waals surface area contributed by atoms with Crippen LogP contribution in [0.25, 0.3) is 0 Å². The van der Waals surface area contributed by atoms with E-state index in [4.69, 9.17) is 0 Å². The Hall–Kier alpha value is -0.870. The van der Waals surface area contributed by atoms with E-state index in [1.165, 1.54) is 5.56 Å². The van der Waals surface area contributed by atoms with Gasteiger partial charge in [-0.15, -0.1) is 0 Å². The summed E-state index contributed by atoms with van der Waals surface area (Å²) >= 11 is 1.70. The van der Waals surface area contributed by atoms with E-state index in [2.05, 4.69) is 40.9 Å². The van der Waals surface area contributed by atoms with Gasteiger partial charge in [-0.05, 0) is 49.3 Å². The summed E-state index contributed by atoms with van der Waals surface area (Å²) in [5.41, 5.74) is 1.27. The Bertz CT molecular complexity index is 345. The first-order valence-corrected chi connectivity index (χ1v) is 7.50. The smallest absolute Gasteiger partial charge is 0.223 e. The molecule has 4 heteroatoms. The van der Waals surface area contributed by atoms with Crippen molar-refractivity contribution in [3.05, 3.63) is 22.4 Å². The van der Waals surface area contributed by atoms with Crippen LogP contribution in [-0.4, -0.2) is 31.4 Å². The van der Waals surface area contributed by atoms with Gasteiger partial charge in [-0.1, -0.05) is 13.8 Å². The summed E-state index contributed by atoms with van der Waals surface area (Å²) in [6, 6.07) is 2.38. The molecule has 102 valence electrons. The monoisotopic (exact) mass is 268 g/mol. The van der Waals surface area contributed by atoms with Crippen LogP contribution in [0.2, 0.25) is 0 Å². The number of nitrogens with one attached hydrogen (secondary N) is 1. The largest absolute Gasteiger partial charge is 0.354 e. The van der Waals surface area contributed by atoms with E-state index in [1.54, 1.807) is 11.3 Å². The average Bonchev–Trinajstić information content (AvgIpc) is 2.84. The number of thiophene rings is 1. The average molecular weight is 268 g/mol. The summed E-state index contributed by atoms with van der Waals surface area (Å²) in [6.07, 6.45) is 1.82. The Balaban J connectivity index is 2.56. The maximum absolute atomic E-state index is 12.0. The fourth-order valence-electron chi connectivity index (χ4n) is 2.06. The van der Waals surface area contributed by atoms with Gasteiger partial charge in [0.05, 0.1) is 6.04 Å². The molecule has 1 atom stereocenters. The maximum Gasteiger partial charge on any atom is 0.223 e. The van der Waals surface area contributed by atoms with Gasteiger partial charge in [0.1, 0.15) is 0 Å². The van der Waals surface area contributed by atoms with Crippen LogP contribution in [0.1, 0.15) is 38.3 Å². The van der Waals surface area contributed by atoms with Gasteiger partial charge in [-0.2, -0.15) is 11.3 Å². The Labute approximate surface area is 114 Å².